The van der Waals surface area contributed by atoms with Crippen LogP contribution in [0.25, 0.3) is 0 Å². The van der Waals surface area contributed by atoms with E-state index in [2.05, 4.69) is 18.0 Å². The van der Waals surface area contributed by atoms with Crippen LogP contribution in [0.3, 0.4) is 0 Å². The van der Waals surface area contributed by atoms with Gasteiger partial charge in [-0.3, -0.25) is 4.99 Å². The number of hydrogen-bond acceptors (Lipinski definition) is 3. The Morgan fingerprint density at radius 2 is 1.86 bits per heavy atom. The summed E-state index contributed by atoms with van der Waals surface area (Å²) >= 11 is 0. The fourth-order valence-corrected chi connectivity index (χ4v) is 2.04. The molecule has 0 fully saturated rings. The summed E-state index contributed by atoms with van der Waals surface area (Å²) in [7, 11) is 1.67. The van der Waals surface area contributed by atoms with Gasteiger partial charge in [0.2, 0.25) is 0 Å². The molecule has 0 saturated heterocycles. The first-order chi connectivity index (χ1) is 10.2. The molecule has 0 saturated carbocycles. The molecule has 0 spiro atoms. The van der Waals surface area contributed by atoms with Crippen LogP contribution < -0.4 is 9.47 Å². The van der Waals surface area contributed by atoms with Gasteiger partial charge in [0.05, 0.1) is 19.8 Å². The third kappa shape index (κ3) is 4.35. The minimum atomic E-state index is 0.0795. The molecule has 0 heterocycles. The molecule has 0 aliphatic carbocycles. The molecule has 0 aliphatic rings. The number of ether oxygens (including phenoxy) is 2. The first-order valence-electron chi connectivity index (χ1n) is 7.13. The van der Waals surface area contributed by atoms with E-state index >= 15 is 0 Å². The molecule has 3 nitrogen and oxygen atoms in total. The van der Waals surface area contributed by atoms with Crippen molar-refractivity contribution in [1.29, 1.82) is 0 Å². The molecule has 21 heavy (non-hydrogen) atoms. The van der Waals surface area contributed by atoms with Crippen molar-refractivity contribution in [1.82, 2.24) is 0 Å². The van der Waals surface area contributed by atoms with Crippen LogP contribution in [-0.2, 0) is 0 Å². The maximum absolute atomic E-state index is 5.49. The first kappa shape index (κ1) is 15.1. The van der Waals surface area contributed by atoms with Gasteiger partial charge >= 0.3 is 0 Å². The Labute approximate surface area is 126 Å². The van der Waals surface area contributed by atoms with Crippen LogP contribution in [-0.4, -0.2) is 19.9 Å². The lowest BCUT2D eigenvalue weighted by atomic mass is 10.1. The van der Waals surface area contributed by atoms with Crippen LogP contribution in [0.15, 0.2) is 53.5 Å². The molecule has 0 bridgehead atoms. The zero-order valence-electron chi connectivity index (χ0n) is 12.7. The maximum atomic E-state index is 5.49. The predicted molar refractivity (Wildman–Crippen MR) is 86.6 cm³/mol. The van der Waals surface area contributed by atoms with Crippen LogP contribution in [0.2, 0.25) is 0 Å². The van der Waals surface area contributed by atoms with Gasteiger partial charge in [0.15, 0.2) is 0 Å². The van der Waals surface area contributed by atoms with E-state index in [9.17, 15) is 0 Å². The summed E-state index contributed by atoms with van der Waals surface area (Å²) in [5.74, 6) is 1.73. The summed E-state index contributed by atoms with van der Waals surface area (Å²) in [5, 5.41) is 0. The van der Waals surface area contributed by atoms with Gasteiger partial charge in [-0.2, -0.15) is 0 Å². The summed E-state index contributed by atoms with van der Waals surface area (Å²) < 4.78 is 10.7. The highest BCUT2D eigenvalue weighted by molar-refractivity contribution is 5.80. The van der Waals surface area contributed by atoms with Gasteiger partial charge in [0.1, 0.15) is 11.5 Å². The Morgan fingerprint density at radius 1 is 1.10 bits per heavy atom. The molecule has 1 unspecified atom stereocenters. The number of aliphatic imine (C=N–C) groups is 1. The number of rotatable bonds is 6. The molecule has 0 aliphatic heterocycles. The molecule has 0 radical (unpaired) electrons. The predicted octanol–water partition coefficient (Wildman–Crippen LogP) is 4.27. The average molecular weight is 283 g/mol. The lowest BCUT2D eigenvalue weighted by Crippen LogP contribution is -1.94. The van der Waals surface area contributed by atoms with Gasteiger partial charge in [-0.25, -0.2) is 0 Å². The van der Waals surface area contributed by atoms with Crippen LogP contribution in [0.4, 0.5) is 0 Å². The van der Waals surface area contributed by atoms with Gasteiger partial charge in [0, 0.05) is 6.21 Å². The number of methoxy groups -OCH3 is 1. The van der Waals surface area contributed by atoms with Crippen LogP contribution >= 0.6 is 0 Å². The second-order valence-electron chi connectivity index (χ2n) is 4.74. The number of benzene rings is 2. The summed E-state index contributed by atoms with van der Waals surface area (Å²) in [6.07, 6.45) is 1.88. The molecule has 0 N–H and O–H groups in total. The summed E-state index contributed by atoms with van der Waals surface area (Å²) in [5.41, 5.74) is 2.17. The van der Waals surface area contributed by atoms with Crippen molar-refractivity contribution >= 4 is 6.21 Å². The Hall–Kier alpha value is -2.29. The zero-order chi connectivity index (χ0) is 15.1. The molecule has 2 aromatic carbocycles. The van der Waals surface area contributed by atoms with Crippen LogP contribution in [0.1, 0.15) is 31.0 Å². The van der Waals surface area contributed by atoms with E-state index in [0.29, 0.717) is 6.61 Å². The van der Waals surface area contributed by atoms with Crippen molar-refractivity contribution in [3.63, 3.8) is 0 Å². The van der Waals surface area contributed by atoms with Gasteiger partial charge in [-0.15, -0.1) is 0 Å². The smallest absolute Gasteiger partial charge is 0.119 e. The minimum Gasteiger partial charge on any atom is -0.497 e. The number of hydrogen-bond donors (Lipinski definition) is 0. The number of nitrogens with zero attached hydrogens (tertiary/aromatic N) is 1. The Balaban J connectivity index is 2.10. The molecular formula is C18H21NO2. The molecule has 2 rings (SSSR count). The van der Waals surface area contributed by atoms with Gasteiger partial charge < -0.3 is 9.47 Å². The summed E-state index contributed by atoms with van der Waals surface area (Å²) in [4.78, 5) is 4.61. The molecular weight excluding hydrogens is 262 g/mol. The van der Waals surface area contributed by atoms with Crippen LogP contribution in [0, 0.1) is 0 Å². The highest BCUT2D eigenvalue weighted by Gasteiger charge is 2.03. The molecule has 1 atom stereocenters. The maximum Gasteiger partial charge on any atom is 0.119 e. The second-order valence-corrected chi connectivity index (χ2v) is 4.74. The topological polar surface area (TPSA) is 30.8 Å². The average Bonchev–Trinajstić information content (AvgIpc) is 2.53. The fraction of sp³-hybridized carbons (Fsp3) is 0.278. The van der Waals surface area contributed by atoms with Gasteiger partial charge in [-0.05, 0) is 49.2 Å². The standard InChI is InChI=1S/C18H21NO2/c1-4-21-18-10-5-7-15(11-18)13-19-14(2)16-8-6-9-17(12-16)20-3/h5-14H,4H2,1-3H3. The molecule has 3 heteroatoms. The first-order valence-corrected chi connectivity index (χ1v) is 7.13. The minimum absolute atomic E-state index is 0.0795. The fourth-order valence-electron chi connectivity index (χ4n) is 2.04. The lowest BCUT2D eigenvalue weighted by Gasteiger charge is -2.08. The molecule has 110 valence electrons. The highest BCUT2D eigenvalue weighted by atomic mass is 16.5. The quantitative estimate of drug-likeness (QED) is 0.741. The van der Waals surface area contributed by atoms with E-state index in [1.165, 1.54) is 0 Å². The largest absolute Gasteiger partial charge is 0.497 e. The van der Waals surface area contributed by atoms with E-state index in [4.69, 9.17) is 9.47 Å². The van der Waals surface area contributed by atoms with Crippen molar-refractivity contribution in [2.45, 2.75) is 19.9 Å². The van der Waals surface area contributed by atoms with Gasteiger partial charge in [-0.1, -0.05) is 24.3 Å². The molecule has 2 aromatic rings. The Morgan fingerprint density at radius 3 is 2.62 bits per heavy atom. The van der Waals surface area contributed by atoms with Crippen LogP contribution in [0.5, 0.6) is 11.5 Å². The van der Waals surface area contributed by atoms with Crippen molar-refractivity contribution in [3.05, 3.63) is 59.7 Å². The summed E-state index contributed by atoms with van der Waals surface area (Å²) in [6.45, 7) is 4.71. The van der Waals surface area contributed by atoms with Crippen molar-refractivity contribution in [2.24, 2.45) is 4.99 Å². The van der Waals surface area contributed by atoms with E-state index in [1.807, 2.05) is 55.6 Å². The molecule has 0 aromatic heterocycles. The lowest BCUT2D eigenvalue weighted by molar-refractivity contribution is 0.340. The monoisotopic (exact) mass is 283 g/mol. The third-order valence-electron chi connectivity index (χ3n) is 3.19. The van der Waals surface area contributed by atoms with Crippen molar-refractivity contribution < 1.29 is 9.47 Å². The van der Waals surface area contributed by atoms with Crippen molar-refractivity contribution in [2.75, 3.05) is 13.7 Å². The summed E-state index contributed by atoms with van der Waals surface area (Å²) in [6, 6.07) is 16.0. The van der Waals surface area contributed by atoms with E-state index in [-0.39, 0.29) is 6.04 Å². The zero-order valence-corrected chi connectivity index (χ0v) is 12.7. The Kier molecular flexibility index (Phi) is 5.38. The Bertz CT molecular complexity index is 608. The van der Waals surface area contributed by atoms with Gasteiger partial charge in [0.25, 0.3) is 0 Å². The SMILES string of the molecule is CCOc1cccc(C=NC(C)c2cccc(OC)c2)c1. The molecule has 0 amide bonds. The van der Waals surface area contributed by atoms with E-state index < -0.39 is 0 Å². The second kappa shape index (κ2) is 7.48. The van der Waals surface area contributed by atoms with E-state index in [1.54, 1.807) is 7.11 Å². The van der Waals surface area contributed by atoms with Crippen molar-refractivity contribution in [3.8, 4) is 11.5 Å². The highest BCUT2D eigenvalue weighted by Crippen LogP contribution is 2.21. The normalized spacial score (nSPS) is 12.3. The third-order valence-corrected chi connectivity index (χ3v) is 3.19. The van der Waals surface area contributed by atoms with E-state index in [0.717, 1.165) is 22.6 Å².